The van der Waals surface area contributed by atoms with Gasteiger partial charge in [0.2, 0.25) is 10.0 Å². The van der Waals surface area contributed by atoms with Crippen LogP contribution in [0, 0.1) is 0 Å². The van der Waals surface area contributed by atoms with Crippen molar-refractivity contribution in [3.05, 3.63) is 6.20 Å². The van der Waals surface area contributed by atoms with E-state index in [1.807, 2.05) is 0 Å². The Balaban J connectivity index is 2.31. The van der Waals surface area contributed by atoms with E-state index in [1.54, 1.807) is 4.68 Å². The van der Waals surface area contributed by atoms with Crippen molar-refractivity contribution in [3.63, 3.8) is 0 Å². The maximum Gasteiger partial charge on any atom is 0.229 e. The molecule has 2 heterocycles. The molecule has 6 nitrogen and oxygen atoms in total. The van der Waals surface area contributed by atoms with Gasteiger partial charge in [-0.2, -0.15) is 5.10 Å². The van der Waals surface area contributed by atoms with Gasteiger partial charge in [-0.1, -0.05) is 0 Å². The highest BCUT2D eigenvalue weighted by atomic mass is 32.2. The molecule has 0 unspecified atom stereocenters. The first-order valence-electron chi connectivity index (χ1n) is 4.34. The molecule has 14 heavy (non-hydrogen) atoms. The number of nitrogens with one attached hydrogen (secondary N) is 2. The molecule has 0 aromatic carbocycles. The molecule has 0 saturated carbocycles. The molecule has 0 aliphatic carbocycles. The first kappa shape index (κ1) is 9.32. The number of aromatic nitrogens is 2. The summed E-state index contributed by atoms with van der Waals surface area (Å²) in [5, 5.41) is 7.18. The first-order chi connectivity index (χ1) is 6.56. The van der Waals surface area contributed by atoms with Crippen LogP contribution in [0.5, 0.6) is 0 Å². The summed E-state index contributed by atoms with van der Waals surface area (Å²) < 4.78 is 26.2. The van der Waals surface area contributed by atoms with Gasteiger partial charge < -0.3 is 5.32 Å². The van der Waals surface area contributed by atoms with Crippen molar-refractivity contribution in [1.29, 1.82) is 0 Å². The predicted octanol–water partition coefficient (Wildman–Crippen LogP) is 0.0702. The number of fused-ring (bicyclic) bond motifs is 1. The Labute approximate surface area is 82.4 Å². The van der Waals surface area contributed by atoms with Gasteiger partial charge in [-0.05, 0) is 6.42 Å². The smallest absolute Gasteiger partial charge is 0.229 e. The number of rotatable bonds is 2. The Hall–Kier alpha value is -1.24. The number of aryl methyl sites for hydroxylation is 1. The van der Waals surface area contributed by atoms with Crippen LogP contribution in [0.15, 0.2) is 6.20 Å². The fourth-order valence-corrected chi connectivity index (χ4v) is 2.00. The number of sulfonamides is 1. The van der Waals surface area contributed by atoms with Gasteiger partial charge in [0.05, 0.1) is 12.5 Å². The topological polar surface area (TPSA) is 76.0 Å². The molecule has 2 N–H and O–H groups in total. The van der Waals surface area contributed by atoms with E-state index in [0.717, 1.165) is 31.6 Å². The zero-order valence-electron chi connectivity index (χ0n) is 7.82. The number of anilines is 2. The fourth-order valence-electron chi connectivity index (χ4n) is 1.45. The molecule has 7 heteroatoms. The zero-order chi connectivity index (χ0) is 10.2. The lowest BCUT2D eigenvalue weighted by Gasteiger charge is -2.16. The quantitative estimate of drug-likeness (QED) is 0.733. The molecule has 2 rings (SSSR count). The normalized spacial score (nSPS) is 15.8. The second-order valence-corrected chi connectivity index (χ2v) is 5.03. The Bertz CT molecular complexity index is 437. The Morgan fingerprint density at radius 2 is 2.43 bits per heavy atom. The molecular weight excluding hydrogens is 204 g/mol. The van der Waals surface area contributed by atoms with Crippen LogP contribution in [0.1, 0.15) is 6.42 Å². The van der Waals surface area contributed by atoms with Crippen molar-refractivity contribution < 1.29 is 8.42 Å². The molecule has 0 saturated heterocycles. The lowest BCUT2D eigenvalue weighted by Crippen LogP contribution is -2.19. The van der Waals surface area contributed by atoms with Crippen molar-refractivity contribution in [2.24, 2.45) is 0 Å². The summed E-state index contributed by atoms with van der Waals surface area (Å²) in [4.78, 5) is 0. The van der Waals surface area contributed by atoms with E-state index in [-0.39, 0.29) is 0 Å². The van der Waals surface area contributed by atoms with Gasteiger partial charge in [-0.15, -0.1) is 0 Å². The van der Waals surface area contributed by atoms with E-state index in [9.17, 15) is 8.42 Å². The van der Waals surface area contributed by atoms with E-state index < -0.39 is 10.0 Å². The molecule has 0 fully saturated rings. The van der Waals surface area contributed by atoms with Crippen LogP contribution < -0.4 is 10.0 Å². The summed E-state index contributed by atoms with van der Waals surface area (Å²) >= 11 is 0. The minimum Gasteiger partial charge on any atom is -0.368 e. The van der Waals surface area contributed by atoms with E-state index in [1.165, 1.54) is 6.20 Å². The van der Waals surface area contributed by atoms with Gasteiger partial charge in [0.1, 0.15) is 11.5 Å². The summed E-state index contributed by atoms with van der Waals surface area (Å²) in [7, 11) is -3.22. The standard InChI is InChI=1S/C7H12N4O2S/c1-14(12,13)10-6-5-9-11-4-2-3-8-7(6)11/h5,8,10H,2-4H2,1H3. The van der Waals surface area contributed by atoms with Crippen LogP contribution in [0.3, 0.4) is 0 Å². The molecule has 0 amide bonds. The second-order valence-electron chi connectivity index (χ2n) is 3.28. The third-order valence-electron chi connectivity index (χ3n) is 1.97. The Kier molecular flexibility index (Phi) is 2.10. The molecule has 78 valence electrons. The van der Waals surface area contributed by atoms with Crippen LogP contribution in [0.4, 0.5) is 11.5 Å². The maximum atomic E-state index is 11.0. The van der Waals surface area contributed by atoms with Gasteiger partial charge in [0.25, 0.3) is 0 Å². The van der Waals surface area contributed by atoms with E-state index >= 15 is 0 Å². The predicted molar refractivity (Wildman–Crippen MR) is 53.8 cm³/mol. The number of hydrogen-bond acceptors (Lipinski definition) is 4. The minimum absolute atomic E-state index is 0.521. The summed E-state index contributed by atoms with van der Waals surface area (Å²) in [5.74, 6) is 0.752. The molecule has 0 spiro atoms. The number of hydrogen-bond donors (Lipinski definition) is 2. The molecule has 1 aliphatic rings. The highest BCUT2D eigenvalue weighted by Crippen LogP contribution is 2.24. The summed E-state index contributed by atoms with van der Waals surface area (Å²) in [5.41, 5.74) is 0.521. The third-order valence-corrected chi connectivity index (χ3v) is 2.56. The Morgan fingerprint density at radius 3 is 3.14 bits per heavy atom. The van der Waals surface area contributed by atoms with Crippen molar-refractivity contribution >= 4 is 21.5 Å². The third kappa shape index (κ3) is 1.82. The highest BCUT2D eigenvalue weighted by Gasteiger charge is 2.16. The van der Waals surface area contributed by atoms with Crippen LogP contribution in [-0.4, -0.2) is 31.0 Å². The summed E-state index contributed by atoms with van der Waals surface area (Å²) in [6.45, 7) is 1.68. The minimum atomic E-state index is -3.22. The molecule has 0 bridgehead atoms. The van der Waals surface area contributed by atoms with Crippen molar-refractivity contribution in [2.75, 3.05) is 22.8 Å². The van der Waals surface area contributed by atoms with E-state index in [2.05, 4.69) is 15.1 Å². The average molecular weight is 216 g/mol. The first-order valence-corrected chi connectivity index (χ1v) is 6.23. The largest absolute Gasteiger partial charge is 0.368 e. The van der Waals surface area contributed by atoms with Crippen molar-refractivity contribution in [2.45, 2.75) is 13.0 Å². The molecule has 1 aromatic heterocycles. The molecule has 1 aromatic rings. The van der Waals surface area contributed by atoms with Crippen LogP contribution in [0.25, 0.3) is 0 Å². The van der Waals surface area contributed by atoms with Gasteiger partial charge in [0.15, 0.2) is 0 Å². The fraction of sp³-hybridized carbons (Fsp3) is 0.571. The lowest BCUT2D eigenvalue weighted by molar-refractivity contribution is 0.568. The zero-order valence-corrected chi connectivity index (χ0v) is 8.63. The van der Waals surface area contributed by atoms with Crippen LogP contribution in [-0.2, 0) is 16.6 Å². The lowest BCUT2D eigenvalue weighted by atomic mass is 10.3. The van der Waals surface area contributed by atoms with Gasteiger partial charge in [-0.25, -0.2) is 13.1 Å². The summed E-state index contributed by atoms with van der Waals surface area (Å²) in [6, 6.07) is 0. The SMILES string of the molecule is CS(=O)(=O)Nc1cnn2c1NCCC2. The molecular formula is C7H12N4O2S. The molecule has 0 radical (unpaired) electrons. The van der Waals surface area contributed by atoms with E-state index in [0.29, 0.717) is 5.69 Å². The van der Waals surface area contributed by atoms with E-state index in [4.69, 9.17) is 0 Å². The highest BCUT2D eigenvalue weighted by molar-refractivity contribution is 7.92. The van der Waals surface area contributed by atoms with Gasteiger partial charge in [-0.3, -0.25) is 4.72 Å². The number of nitrogens with zero attached hydrogens (tertiary/aromatic N) is 2. The van der Waals surface area contributed by atoms with Crippen LogP contribution in [0.2, 0.25) is 0 Å². The molecule has 0 atom stereocenters. The maximum absolute atomic E-state index is 11.0. The van der Waals surface area contributed by atoms with Crippen molar-refractivity contribution in [1.82, 2.24) is 9.78 Å². The Morgan fingerprint density at radius 1 is 1.64 bits per heavy atom. The van der Waals surface area contributed by atoms with Crippen LogP contribution >= 0.6 is 0 Å². The molecule has 1 aliphatic heterocycles. The second kappa shape index (κ2) is 3.16. The summed E-state index contributed by atoms with van der Waals surface area (Å²) in [6.07, 6.45) is 3.65. The van der Waals surface area contributed by atoms with Gasteiger partial charge in [0, 0.05) is 13.1 Å². The van der Waals surface area contributed by atoms with Crippen molar-refractivity contribution in [3.8, 4) is 0 Å². The van der Waals surface area contributed by atoms with Gasteiger partial charge >= 0.3 is 0 Å². The monoisotopic (exact) mass is 216 g/mol. The average Bonchev–Trinajstić information content (AvgIpc) is 2.47.